The molecule has 1 rings (SSSR count). The molecular formula is C10H18F2N2O. The first kappa shape index (κ1) is 12.4. The molecule has 88 valence electrons. The first-order valence-electron chi connectivity index (χ1n) is 5.24. The van der Waals surface area contributed by atoms with Crippen molar-refractivity contribution in [2.75, 3.05) is 27.2 Å². The molecule has 1 amide bonds. The van der Waals surface area contributed by atoms with E-state index in [2.05, 4.69) is 0 Å². The molecule has 0 saturated carbocycles. The second kappa shape index (κ2) is 5.39. The Bertz CT molecular complexity index is 221. The maximum Gasteiger partial charge on any atom is 0.253 e. The lowest BCUT2D eigenvalue weighted by molar-refractivity contribution is -0.132. The Morgan fingerprint density at radius 3 is 2.67 bits per heavy atom. The van der Waals surface area contributed by atoms with Crippen LogP contribution in [0.2, 0.25) is 0 Å². The standard InChI is InChI=1S/C10H18F2N2O/c1-13(2)9(15)7-14-6-4-3-5-8(14)10(11)12/h8,10H,3-7H2,1-2H3. The smallest absolute Gasteiger partial charge is 0.253 e. The normalized spacial score (nSPS) is 23.1. The van der Waals surface area contributed by atoms with Gasteiger partial charge in [0.1, 0.15) is 0 Å². The highest BCUT2D eigenvalue weighted by Crippen LogP contribution is 2.21. The van der Waals surface area contributed by atoms with Crippen molar-refractivity contribution in [3.63, 3.8) is 0 Å². The topological polar surface area (TPSA) is 23.6 Å². The highest BCUT2D eigenvalue weighted by atomic mass is 19.3. The predicted molar refractivity (Wildman–Crippen MR) is 53.9 cm³/mol. The van der Waals surface area contributed by atoms with E-state index < -0.39 is 12.5 Å². The van der Waals surface area contributed by atoms with Crippen LogP contribution in [0.25, 0.3) is 0 Å². The lowest BCUT2D eigenvalue weighted by Gasteiger charge is -2.35. The van der Waals surface area contributed by atoms with Crippen LogP contribution in [0.1, 0.15) is 19.3 Å². The lowest BCUT2D eigenvalue weighted by Crippen LogP contribution is -2.48. The maximum atomic E-state index is 12.7. The van der Waals surface area contributed by atoms with Gasteiger partial charge in [0.15, 0.2) is 0 Å². The van der Waals surface area contributed by atoms with Gasteiger partial charge in [-0.25, -0.2) is 8.78 Å². The zero-order valence-electron chi connectivity index (χ0n) is 9.25. The molecule has 0 aliphatic carbocycles. The van der Waals surface area contributed by atoms with Gasteiger partial charge in [-0.05, 0) is 19.4 Å². The molecule has 0 aromatic carbocycles. The number of halogens is 2. The zero-order chi connectivity index (χ0) is 11.4. The maximum absolute atomic E-state index is 12.7. The summed E-state index contributed by atoms with van der Waals surface area (Å²) in [5.41, 5.74) is 0. The third-order valence-electron chi connectivity index (χ3n) is 2.79. The van der Waals surface area contributed by atoms with Crippen molar-refractivity contribution in [3.05, 3.63) is 0 Å². The number of likely N-dealkylation sites (N-methyl/N-ethyl adjacent to an activating group) is 1. The van der Waals surface area contributed by atoms with Gasteiger partial charge in [0.25, 0.3) is 6.43 Å². The molecular weight excluding hydrogens is 202 g/mol. The van der Waals surface area contributed by atoms with Crippen molar-refractivity contribution >= 4 is 5.91 Å². The minimum Gasteiger partial charge on any atom is -0.348 e. The van der Waals surface area contributed by atoms with E-state index in [1.807, 2.05) is 0 Å². The van der Waals surface area contributed by atoms with E-state index in [0.717, 1.165) is 12.8 Å². The first-order chi connectivity index (χ1) is 7.02. The van der Waals surface area contributed by atoms with Gasteiger partial charge in [0.2, 0.25) is 5.91 Å². The molecule has 1 heterocycles. The summed E-state index contributed by atoms with van der Waals surface area (Å²) in [7, 11) is 3.29. The number of carbonyl (C=O) groups excluding carboxylic acids is 1. The van der Waals surface area contributed by atoms with Gasteiger partial charge in [0, 0.05) is 14.1 Å². The van der Waals surface area contributed by atoms with Gasteiger partial charge < -0.3 is 4.90 Å². The Labute approximate surface area is 89.0 Å². The number of hydrogen-bond donors (Lipinski definition) is 0. The van der Waals surface area contributed by atoms with Crippen molar-refractivity contribution < 1.29 is 13.6 Å². The molecule has 1 unspecified atom stereocenters. The molecule has 0 aromatic heterocycles. The second-order valence-electron chi connectivity index (χ2n) is 4.16. The minimum absolute atomic E-state index is 0.109. The number of likely N-dealkylation sites (tertiary alicyclic amines) is 1. The quantitative estimate of drug-likeness (QED) is 0.713. The molecule has 1 aliphatic heterocycles. The highest BCUT2D eigenvalue weighted by molar-refractivity contribution is 5.77. The van der Waals surface area contributed by atoms with Gasteiger partial charge in [-0.15, -0.1) is 0 Å². The summed E-state index contributed by atoms with van der Waals surface area (Å²) < 4.78 is 25.3. The summed E-state index contributed by atoms with van der Waals surface area (Å²) in [5, 5.41) is 0. The van der Waals surface area contributed by atoms with Crippen LogP contribution in [0.5, 0.6) is 0 Å². The van der Waals surface area contributed by atoms with Crippen LogP contribution in [-0.2, 0) is 4.79 Å². The third-order valence-corrected chi connectivity index (χ3v) is 2.79. The Morgan fingerprint density at radius 2 is 2.13 bits per heavy atom. The number of piperidine rings is 1. The Hall–Kier alpha value is -0.710. The molecule has 15 heavy (non-hydrogen) atoms. The summed E-state index contributed by atoms with van der Waals surface area (Å²) in [5.74, 6) is -0.109. The van der Waals surface area contributed by atoms with E-state index in [1.165, 1.54) is 4.90 Å². The van der Waals surface area contributed by atoms with Gasteiger partial charge >= 0.3 is 0 Å². The van der Waals surface area contributed by atoms with Crippen molar-refractivity contribution in [1.82, 2.24) is 9.80 Å². The van der Waals surface area contributed by atoms with E-state index in [-0.39, 0.29) is 12.5 Å². The zero-order valence-corrected chi connectivity index (χ0v) is 9.25. The SMILES string of the molecule is CN(C)C(=O)CN1CCCCC1C(F)F. The number of alkyl halides is 2. The third kappa shape index (κ3) is 3.41. The molecule has 0 aromatic rings. The highest BCUT2D eigenvalue weighted by Gasteiger charge is 2.31. The molecule has 1 atom stereocenters. The molecule has 1 aliphatic rings. The van der Waals surface area contributed by atoms with Crippen molar-refractivity contribution in [2.24, 2.45) is 0 Å². The van der Waals surface area contributed by atoms with E-state index in [4.69, 9.17) is 0 Å². The van der Waals surface area contributed by atoms with Gasteiger partial charge in [0.05, 0.1) is 12.6 Å². The van der Waals surface area contributed by atoms with E-state index in [1.54, 1.807) is 19.0 Å². The summed E-state index contributed by atoms with van der Waals surface area (Å²) in [6.45, 7) is 0.719. The molecule has 5 heteroatoms. The Morgan fingerprint density at radius 1 is 1.47 bits per heavy atom. The number of nitrogens with zero attached hydrogens (tertiary/aromatic N) is 2. The second-order valence-corrected chi connectivity index (χ2v) is 4.16. The van der Waals surface area contributed by atoms with Crippen molar-refractivity contribution in [1.29, 1.82) is 0 Å². The van der Waals surface area contributed by atoms with Gasteiger partial charge in [-0.3, -0.25) is 9.69 Å². The minimum atomic E-state index is -2.35. The van der Waals surface area contributed by atoms with Gasteiger partial charge in [-0.2, -0.15) is 0 Å². The molecule has 0 radical (unpaired) electrons. The predicted octanol–water partition coefficient (Wildman–Crippen LogP) is 1.19. The molecule has 1 fully saturated rings. The molecule has 0 N–H and O–H groups in total. The van der Waals surface area contributed by atoms with Crippen LogP contribution < -0.4 is 0 Å². The lowest BCUT2D eigenvalue weighted by atomic mass is 10.0. The van der Waals surface area contributed by atoms with Crippen LogP contribution in [0, 0.1) is 0 Å². The van der Waals surface area contributed by atoms with E-state index in [0.29, 0.717) is 13.0 Å². The Balaban J connectivity index is 2.53. The average Bonchev–Trinajstić information content (AvgIpc) is 2.18. The fourth-order valence-corrected chi connectivity index (χ4v) is 1.81. The molecule has 1 saturated heterocycles. The summed E-state index contributed by atoms with van der Waals surface area (Å²) in [6.07, 6.45) is -0.107. The number of carbonyl (C=O) groups is 1. The van der Waals surface area contributed by atoms with Gasteiger partial charge in [-0.1, -0.05) is 6.42 Å². The molecule has 3 nitrogen and oxygen atoms in total. The molecule has 0 spiro atoms. The van der Waals surface area contributed by atoms with Crippen LogP contribution in [0.3, 0.4) is 0 Å². The van der Waals surface area contributed by atoms with E-state index >= 15 is 0 Å². The summed E-state index contributed by atoms with van der Waals surface area (Å²) >= 11 is 0. The van der Waals surface area contributed by atoms with Crippen LogP contribution in [-0.4, -0.2) is 55.4 Å². The largest absolute Gasteiger partial charge is 0.348 e. The van der Waals surface area contributed by atoms with Crippen molar-refractivity contribution in [2.45, 2.75) is 31.7 Å². The molecule has 0 bridgehead atoms. The average molecular weight is 220 g/mol. The Kier molecular flexibility index (Phi) is 4.45. The fraction of sp³-hybridized carbons (Fsp3) is 0.900. The number of amides is 1. The van der Waals surface area contributed by atoms with Crippen LogP contribution >= 0.6 is 0 Å². The van der Waals surface area contributed by atoms with Crippen LogP contribution in [0.4, 0.5) is 8.78 Å². The van der Waals surface area contributed by atoms with Crippen LogP contribution in [0.15, 0.2) is 0 Å². The first-order valence-corrected chi connectivity index (χ1v) is 5.24. The fourth-order valence-electron chi connectivity index (χ4n) is 1.81. The number of hydrogen-bond acceptors (Lipinski definition) is 2. The number of rotatable bonds is 3. The summed E-state index contributed by atoms with van der Waals surface area (Å²) in [6, 6.07) is -0.734. The summed E-state index contributed by atoms with van der Waals surface area (Å²) in [4.78, 5) is 14.5. The monoisotopic (exact) mass is 220 g/mol. The van der Waals surface area contributed by atoms with Crippen molar-refractivity contribution in [3.8, 4) is 0 Å². The van der Waals surface area contributed by atoms with E-state index in [9.17, 15) is 13.6 Å².